The summed E-state index contributed by atoms with van der Waals surface area (Å²) >= 11 is 8.44. The van der Waals surface area contributed by atoms with Gasteiger partial charge in [-0.1, -0.05) is 27.5 Å². The van der Waals surface area contributed by atoms with E-state index in [1.807, 2.05) is 5.32 Å². The molecule has 2 aromatic carbocycles. The first-order valence-corrected chi connectivity index (χ1v) is 6.57. The lowest BCUT2D eigenvalue weighted by atomic mass is 10.1. The number of nitrogens with one attached hydrogen (secondary N) is 1. The maximum Gasteiger partial charge on any atom is 0.261 e. The summed E-state index contributed by atoms with van der Waals surface area (Å²) in [6.07, 6.45) is 0. The van der Waals surface area contributed by atoms with E-state index in [0.29, 0.717) is 6.07 Å². The van der Waals surface area contributed by atoms with Crippen molar-refractivity contribution in [3.63, 3.8) is 0 Å². The number of halogens is 6. The summed E-state index contributed by atoms with van der Waals surface area (Å²) < 4.78 is 53.7. The Morgan fingerprint density at radius 3 is 2.10 bits per heavy atom. The van der Waals surface area contributed by atoms with Gasteiger partial charge < -0.3 is 5.32 Å². The molecule has 0 aliphatic rings. The Morgan fingerprint density at radius 2 is 1.57 bits per heavy atom. The van der Waals surface area contributed by atoms with Crippen molar-refractivity contribution in [2.24, 2.45) is 0 Å². The molecule has 0 aromatic heterocycles. The van der Waals surface area contributed by atoms with Gasteiger partial charge in [0.15, 0.2) is 5.82 Å². The Balaban J connectivity index is 2.40. The molecule has 0 saturated carbocycles. The monoisotopic (exact) mass is 381 g/mol. The molecule has 110 valence electrons. The zero-order chi connectivity index (χ0) is 15.7. The molecule has 0 aliphatic heterocycles. The van der Waals surface area contributed by atoms with Crippen molar-refractivity contribution in [1.29, 1.82) is 0 Å². The third kappa shape index (κ3) is 3.36. The lowest BCUT2D eigenvalue weighted by Crippen LogP contribution is -2.17. The number of anilines is 1. The van der Waals surface area contributed by atoms with Gasteiger partial charge in [-0.05, 0) is 18.2 Å². The van der Waals surface area contributed by atoms with Gasteiger partial charge in [0.2, 0.25) is 0 Å². The molecule has 0 saturated heterocycles. The molecule has 8 heteroatoms. The van der Waals surface area contributed by atoms with Crippen LogP contribution < -0.4 is 5.32 Å². The van der Waals surface area contributed by atoms with Crippen LogP contribution in [0.5, 0.6) is 0 Å². The second kappa shape index (κ2) is 6.03. The SMILES string of the molecule is O=C(Nc1c(F)cc(F)cc1Cl)c1c(F)cc(Br)cc1F. The van der Waals surface area contributed by atoms with Crippen molar-refractivity contribution >= 4 is 39.1 Å². The molecule has 0 radical (unpaired) electrons. The van der Waals surface area contributed by atoms with Gasteiger partial charge >= 0.3 is 0 Å². The van der Waals surface area contributed by atoms with Crippen molar-refractivity contribution in [3.05, 3.63) is 62.6 Å². The summed E-state index contributed by atoms with van der Waals surface area (Å²) in [6.45, 7) is 0. The maximum atomic E-state index is 13.6. The predicted molar refractivity (Wildman–Crippen MR) is 73.4 cm³/mol. The molecule has 1 N–H and O–H groups in total. The van der Waals surface area contributed by atoms with Crippen molar-refractivity contribution in [3.8, 4) is 0 Å². The molecule has 0 aliphatic carbocycles. The number of rotatable bonds is 2. The van der Waals surface area contributed by atoms with Gasteiger partial charge in [0.1, 0.15) is 23.0 Å². The summed E-state index contributed by atoms with van der Waals surface area (Å²) in [6, 6.07) is 2.99. The highest BCUT2D eigenvalue weighted by Crippen LogP contribution is 2.28. The topological polar surface area (TPSA) is 29.1 Å². The first kappa shape index (κ1) is 15.8. The van der Waals surface area contributed by atoms with E-state index in [2.05, 4.69) is 15.9 Å². The number of hydrogen-bond acceptors (Lipinski definition) is 1. The quantitative estimate of drug-likeness (QED) is 0.735. The molecule has 0 unspecified atom stereocenters. The Hall–Kier alpha value is -1.60. The average molecular weight is 383 g/mol. The molecule has 2 rings (SSSR count). The van der Waals surface area contributed by atoms with E-state index in [0.717, 1.165) is 18.2 Å². The normalized spacial score (nSPS) is 10.6. The molecule has 0 spiro atoms. The van der Waals surface area contributed by atoms with Crippen LogP contribution in [0.25, 0.3) is 0 Å². The van der Waals surface area contributed by atoms with Crippen LogP contribution in [0.4, 0.5) is 23.2 Å². The van der Waals surface area contributed by atoms with Crippen LogP contribution in [0.15, 0.2) is 28.7 Å². The first-order valence-electron chi connectivity index (χ1n) is 5.40. The number of carbonyl (C=O) groups is 1. The van der Waals surface area contributed by atoms with E-state index in [1.54, 1.807) is 0 Å². The lowest BCUT2D eigenvalue weighted by Gasteiger charge is -2.10. The largest absolute Gasteiger partial charge is 0.318 e. The van der Waals surface area contributed by atoms with Crippen molar-refractivity contribution in [2.45, 2.75) is 0 Å². The van der Waals surface area contributed by atoms with E-state index < -0.39 is 45.4 Å². The van der Waals surface area contributed by atoms with Gasteiger partial charge in [-0.25, -0.2) is 17.6 Å². The summed E-state index contributed by atoms with van der Waals surface area (Å²) in [5.74, 6) is -5.64. The van der Waals surface area contributed by atoms with Crippen LogP contribution in [0.3, 0.4) is 0 Å². The van der Waals surface area contributed by atoms with E-state index in [1.165, 1.54) is 0 Å². The molecule has 2 nitrogen and oxygen atoms in total. The minimum absolute atomic E-state index is 0.0973. The third-order valence-electron chi connectivity index (χ3n) is 2.48. The molecular weight excluding hydrogens is 377 g/mol. The van der Waals surface area contributed by atoms with Crippen LogP contribution in [0, 0.1) is 23.3 Å². The summed E-state index contributed by atoms with van der Waals surface area (Å²) in [5.41, 5.74) is -1.47. The second-order valence-corrected chi connectivity index (χ2v) is 5.27. The highest BCUT2D eigenvalue weighted by molar-refractivity contribution is 9.10. The van der Waals surface area contributed by atoms with Crippen molar-refractivity contribution in [2.75, 3.05) is 5.32 Å². The molecule has 2 aromatic rings. The predicted octanol–water partition coefficient (Wildman–Crippen LogP) is 4.91. The summed E-state index contributed by atoms with van der Waals surface area (Å²) in [4.78, 5) is 11.8. The maximum absolute atomic E-state index is 13.6. The fraction of sp³-hybridized carbons (Fsp3) is 0. The summed E-state index contributed by atoms with van der Waals surface area (Å²) in [5, 5.41) is 1.48. The molecule has 21 heavy (non-hydrogen) atoms. The minimum atomic E-state index is -1.25. The molecular formula is C13H5BrClF4NO. The van der Waals surface area contributed by atoms with Gasteiger partial charge in [0, 0.05) is 10.5 Å². The molecule has 0 fully saturated rings. The number of amides is 1. The first-order chi connectivity index (χ1) is 9.79. The number of carbonyl (C=O) groups excluding carboxylic acids is 1. The Kier molecular flexibility index (Phi) is 4.53. The van der Waals surface area contributed by atoms with E-state index in [-0.39, 0.29) is 4.47 Å². The van der Waals surface area contributed by atoms with E-state index in [4.69, 9.17) is 11.6 Å². The molecule has 0 atom stereocenters. The fourth-order valence-corrected chi connectivity index (χ4v) is 2.24. The van der Waals surface area contributed by atoms with Gasteiger partial charge in [-0.2, -0.15) is 0 Å². The zero-order valence-corrected chi connectivity index (χ0v) is 12.3. The zero-order valence-electron chi connectivity index (χ0n) is 9.99. The third-order valence-corrected chi connectivity index (χ3v) is 3.24. The highest BCUT2D eigenvalue weighted by Gasteiger charge is 2.21. The van der Waals surface area contributed by atoms with Crippen LogP contribution in [-0.4, -0.2) is 5.91 Å². The van der Waals surface area contributed by atoms with Crippen LogP contribution in [-0.2, 0) is 0 Å². The minimum Gasteiger partial charge on any atom is -0.318 e. The smallest absolute Gasteiger partial charge is 0.261 e. The Morgan fingerprint density at radius 1 is 1.00 bits per heavy atom. The Labute approximate surface area is 129 Å². The van der Waals surface area contributed by atoms with Crippen LogP contribution >= 0.6 is 27.5 Å². The number of hydrogen-bond donors (Lipinski definition) is 1. The van der Waals surface area contributed by atoms with Gasteiger partial charge in [0.25, 0.3) is 5.91 Å². The van der Waals surface area contributed by atoms with Crippen LogP contribution in [0.1, 0.15) is 10.4 Å². The van der Waals surface area contributed by atoms with Crippen molar-refractivity contribution < 1.29 is 22.4 Å². The second-order valence-electron chi connectivity index (χ2n) is 3.94. The molecule has 0 heterocycles. The molecule has 0 bridgehead atoms. The van der Waals surface area contributed by atoms with Gasteiger partial charge in [0.05, 0.1) is 10.7 Å². The van der Waals surface area contributed by atoms with Gasteiger partial charge in [-0.3, -0.25) is 4.79 Å². The van der Waals surface area contributed by atoms with E-state index >= 15 is 0 Å². The summed E-state index contributed by atoms with van der Waals surface area (Å²) in [7, 11) is 0. The number of benzene rings is 2. The van der Waals surface area contributed by atoms with Crippen LogP contribution in [0.2, 0.25) is 5.02 Å². The van der Waals surface area contributed by atoms with Crippen molar-refractivity contribution in [1.82, 2.24) is 0 Å². The fourth-order valence-electron chi connectivity index (χ4n) is 1.60. The van der Waals surface area contributed by atoms with Gasteiger partial charge in [-0.15, -0.1) is 0 Å². The average Bonchev–Trinajstić information content (AvgIpc) is 2.32. The Bertz CT molecular complexity index is 692. The standard InChI is InChI=1S/C13H5BrClF4NO/c14-5-1-8(17)11(9(18)2-5)13(21)20-12-7(15)3-6(16)4-10(12)19/h1-4H,(H,20,21). The highest BCUT2D eigenvalue weighted by atomic mass is 79.9. The lowest BCUT2D eigenvalue weighted by molar-refractivity contribution is 0.101. The molecule has 1 amide bonds. The van der Waals surface area contributed by atoms with E-state index in [9.17, 15) is 22.4 Å².